The molecule has 2 rings (SSSR count). The zero-order chi connectivity index (χ0) is 29.4. The lowest BCUT2D eigenvalue weighted by Gasteiger charge is -2.15. The van der Waals surface area contributed by atoms with Crippen molar-refractivity contribution < 1.29 is 64.9 Å². The molecule has 0 aliphatic rings. The highest BCUT2D eigenvalue weighted by Gasteiger charge is 2.41. The summed E-state index contributed by atoms with van der Waals surface area (Å²) >= 11 is 0. The van der Waals surface area contributed by atoms with Crippen molar-refractivity contribution in [2.75, 3.05) is 0 Å². The van der Waals surface area contributed by atoms with Gasteiger partial charge in [0.05, 0.1) is 0 Å². The lowest BCUT2D eigenvalue weighted by molar-refractivity contribution is -0.175. The molecule has 5 N–H and O–H groups in total. The SMILES string of the molecule is Cl.N[C@@H](CC(=O)c1ccc(F)c(F)c1)C(=O)O.O=C(C[C@H](NC(=O)C(F)(F)F)C(=O)O)c1ccc(F)c(F)c1. The van der Waals surface area contributed by atoms with Crippen molar-refractivity contribution in [3.8, 4) is 0 Å². The number of ketones is 2. The Labute approximate surface area is 220 Å². The number of nitrogens with two attached hydrogens (primary N) is 1. The summed E-state index contributed by atoms with van der Waals surface area (Å²) in [6.45, 7) is 0. The molecule has 17 heteroatoms. The molecule has 0 aliphatic heterocycles. The number of carbonyl (C=O) groups is 5. The number of carboxylic acid groups (broad SMARTS) is 2. The number of alkyl halides is 3. The van der Waals surface area contributed by atoms with Crippen LogP contribution in [0.3, 0.4) is 0 Å². The Kier molecular flexibility index (Phi) is 13.2. The van der Waals surface area contributed by atoms with Crippen molar-refractivity contribution in [2.24, 2.45) is 5.73 Å². The van der Waals surface area contributed by atoms with Gasteiger partial charge in [-0.3, -0.25) is 19.2 Å². The number of hydrogen-bond donors (Lipinski definition) is 4. The first kappa shape index (κ1) is 35.0. The highest BCUT2D eigenvalue weighted by Crippen LogP contribution is 2.16. The van der Waals surface area contributed by atoms with Crippen LogP contribution in [-0.4, -0.2) is 57.9 Å². The summed E-state index contributed by atoms with van der Waals surface area (Å²) < 4.78 is 87.1. The highest BCUT2D eigenvalue weighted by atomic mass is 35.5. The second kappa shape index (κ2) is 14.8. The number of nitrogens with one attached hydrogen (secondary N) is 1. The molecule has 1 amide bonds. The predicted molar refractivity (Wildman–Crippen MR) is 119 cm³/mol. The van der Waals surface area contributed by atoms with Crippen molar-refractivity contribution in [3.63, 3.8) is 0 Å². The molecule has 0 saturated heterocycles. The van der Waals surface area contributed by atoms with Crippen molar-refractivity contribution in [2.45, 2.75) is 31.1 Å². The molecule has 0 heterocycles. The van der Waals surface area contributed by atoms with E-state index < -0.39 is 89.3 Å². The van der Waals surface area contributed by atoms with Gasteiger partial charge in [-0.05, 0) is 36.4 Å². The van der Waals surface area contributed by atoms with Gasteiger partial charge in [0.15, 0.2) is 34.8 Å². The topological polar surface area (TPSA) is 164 Å². The minimum Gasteiger partial charge on any atom is -0.480 e. The van der Waals surface area contributed by atoms with Gasteiger partial charge < -0.3 is 21.3 Å². The first-order valence-corrected chi connectivity index (χ1v) is 9.99. The monoisotopic (exact) mass is 590 g/mol. The summed E-state index contributed by atoms with van der Waals surface area (Å²) in [6, 6.07) is 1.01. The van der Waals surface area contributed by atoms with E-state index in [0.717, 1.165) is 23.5 Å². The fourth-order valence-corrected chi connectivity index (χ4v) is 2.49. The molecule has 39 heavy (non-hydrogen) atoms. The normalized spacial score (nSPS) is 12.1. The van der Waals surface area contributed by atoms with Gasteiger partial charge in [0, 0.05) is 24.0 Å². The predicted octanol–water partition coefficient (Wildman–Crippen LogP) is 3.04. The molecular formula is C22H18ClF7N2O7. The van der Waals surface area contributed by atoms with E-state index in [4.69, 9.17) is 15.9 Å². The van der Waals surface area contributed by atoms with Gasteiger partial charge >= 0.3 is 24.0 Å². The summed E-state index contributed by atoms with van der Waals surface area (Å²) in [6.07, 6.45) is -6.83. The summed E-state index contributed by atoms with van der Waals surface area (Å²) in [4.78, 5) is 54.9. The van der Waals surface area contributed by atoms with E-state index in [1.165, 1.54) is 0 Å². The molecule has 2 aromatic carbocycles. The fourth-order valence-electron chi connectivity index (χ4n) is 2.49. The van der Waals surface area contributed by atoms with E-state index in [1.807, 2.05) is 0 Å². The third-order valence-electron chi connectivity index (χ3n) is 4.46. The molecule has 2 aromatic rings. The van der Waals surface area contributed by atoms with Gasteiger partial charge in [-0.15, -0.1) is 12.4 Å². The molecule has 0 aliphatic carbocycles. The van der Waals surface area contributed by atoms with Crippen LogP contribution in [0.2, 0.25) is 0 Å². The van der Waals surface area contributed by atoms with Crippen LogP contribution in [0.1, 0.15) is 33.6 Å². The number of hydrogen-bond acceptors (Lipinski definition) is 6. The van der Waals surface area contributed by atoms with Gasteiger partial charge in [-0.2, -0.15) is 13.2 Å². The molecule has 2 atom stereocenters. The van der Waals surface area contributed by atoms with Gasteiger partial charge in [-0.25, -0.2) is 22.4 Å². The summed E-state index contributed by atoms with van der Waals surface area (Å²) in [5.41, 5.74) is 4.59. The Morgan fingerprint density at radius 3 is 1.49 bits per heavy atom. The minimum atomic E-state index is -5.32. The van der Waals surface area contributed by atoms with Gasteiger partial charge in [0.2, 0.25) is 0 Å². The Hall–Kier alpha value is -4.05. The lowest BCUT2D eigenvalue weighted by Crippen LogP contribution is -2.47. The van der Waals surface area contributed by atoms with Crippen LogP contribution in [0.15, 0.2) is 36.4 Å². The molecular weight excluding hydrogens is 573 g/mol. The van der Waals surface area contributed by atoms with Crippen LogP contribution in [0.4, 0.5) is 30.7 Å². The van der Waals surface area contributed by atoms with Crippen LogP contribution in [0, 0.1) is 23.3 Å². The van der Waals surface area contributed by atoms with Crippen molar-refractivity contribution in [3.05, 3.63) is 70.8 Å². The number of halogens is 8. The first-order valence-electron chi connectivity index (χ1n) is 9.99. The second-order valence-corrected chi connectivity index (χ2v) is 7.32. The Bertz CT molecular complexity index is 1240. The minimum absolute atomic E-state index is 0. The van der Waals surface area contributed by atoms with Crippen LogP contribution >= 0.6 is 12.4 Å². The Balaban J connectivity index is 0.000000756. The third kappa shape index (κ3) is 11.1. The number of rotatable bonds is 9. The van der Waals surface area contributed by atoms with Crippen LogP contribution in [-0.2, 0) is 14.4 Å². The average Bonchev–Trinajstić information content (AvgIpc) is 2.81. The quantitative estimate of drug-likeness (QED) is 0.256. The summed E-state index contributed by atoms with van der Waals surface area (Å²) in [7, 11) is 0. The highest BCUT2D eigenvalue weighted by molar-refractivity contribution is 6.00. The third-order valence-corrected chi connectivity index (χ3v) is 4.46. The Morgan fingerprint density at radius 2 is 1.15 bits per heavy atom. The number of Topliss-reactive ketones (excluding diaryl/α,β-unsaturated/α-hetero) is 2. The van der Waals surface area contributed by atoms with Crippen molar-refractivity contribution in [1.29, 1.82) is 0 Å². The molecule has 0 saturated carbocycles. The fraction of sp³-hybridized carbons (Fsp3) is 0.227. The van der Waals surface area contributed by atoms with Crippen molar-refractivity contribution >= 4 is 41.8 Å². The first-order chi connectivity index (χ1) is 17.4. The number of aliphatic carboxylic acids is 2. The van der Waals surface area contributed by atoms with Gasteiger partial charge in [-0.1, -0.05) is 0 Å². The molecule has 9 nitrogen and oxygen atoms in total. The lowest BCUT2D eigenvalue weighted by atomic mass is 10.0. The standard InChI is InChI=1S/C12H8F5NO4.C10H9F2NO3.ClH/c13-6-2-1-5(3-7(6)14)9(19)4-8(10(20)21)18-11(22)12(15,16)17;11-6-2-1-5(3-7(6)12)9(14)4-8(13)10(15)16;/h1-3,8H,4H2,(H,18,22)(H,20,21);1-3,8H,4,13H2,(H,15,16);1H/t2*8-;/m00./s1. The molecule has 214 valence electrons. The van der Waals surface area contributed by atoms with Gasteiger partial charge in [0.1, 0.15) is 12.1 Å². The number of amides is 1. The van der Waals surface area contributed by atoms with Gasteiger partial charge in [0.25, 0.3) is 0 Å². The number of carboxylic acids is 2. The van der Waals surface area contributed by atoms with E-state index in [2.05, 4.69) is 0 Å². The molecule has 0 spiro atoms. The maximum absolute atomic E-state index is 12.9. The largest absolute Gasteiger partial charge is 0.480 e. The van der Waals surface area contributed by atoms with Crippen molar-refractivity contribution in [1.82, 2.24) is 5.32 Å². The van der Waals surface area contributed by atoms with E-state index in [-0.39, 0.29) is 18.0 Å². The van der Waals surface area contributed by atoms with E-state index >= 15 is 0 Å². The maximum atomic E-state index is 12.9. The molecule has 0 radical (unpaired) electrons. The maximum Gasteiger partial charge on any atom is 0.471 e. The van der Waals surface area contributed by atoms with Crippen LogP contribution in [0.25, 0.3) is 0 Å². The number of carbonyl (C=O) groups excluding carboxylic acids is 3. The summed E-state index contributed by atoms with van der Waals surface area (Å²) in [5, 5.41) is 18.3. The number of benzene rings is 2. The zero-order valence-electron chi connectivity index (χ0n) is 19.1. The molecule has 0 fully saturated rings. The second-order valence-electron chi connectivity index (χ2n) is 7.32. The van der Waals surface area contributed by atoms with E-state index in [0.29, 0.717) is 18.2 Å². The molecule has 0 bridgehead atoms. The molecule has 0 unspecified atom stereocenters. The summed E-state index contributed by atoms with van der Waals surface area (Å²) in [5.74, 6) is -12.3. The Morgan fingerprint density at radius 1 is 0.744 bits per heavy atom. The van der Waals surface area contributed by atoms with Crippen LogP contribution < -0.4 is 11.1 Å². The zero-order valence-corrected chi connectivity index (χ0v) is 19.9. The average molecular weight is 591 g/mol. The van der Waals surface area contributed by atoms with E-state index in [9.17, 15) is 54.7 Å². The van der Waals surface area contributed by atoms with E-state index in [1.54, 1.807) is 0 Å². The smallest absolute Gasteiger partial charge is 0.471 e. The molecule has 0 aromatic heterocycles. The van der Waals surface area contributed by atoms with Crippen LogP contribution in [0.5, 0.6) is 0 Å².